The highest BCUT2D eigenvalue weighted by molar-refractivity contribution is 7.88. The van der Waals surface area contributed by atoms with Gasteiger partial charge in [-0.3, -0.25) is 4.79 Å². The summed E-state index contributed by atoms with van der Waals surface area (Å²) < 4.78 is 32.2. The number of hydrogen-bond acceptors (Lipinski definition) is 5. The maximum Gasteiger partial charge on any atom is 0.255 e. The Bertz CT molecular complexity index is 1190. The number of ether oxygens (including phenoxy) is 1. The fourth-order valence-corrected chi connectivity index (χ4v) is 4.75. The third kappa shape index (κ3) is 4.84. The van der Waals surface area contributed by atoms with E-state index in [2.05, 4.69) is 10.4 Å². The molecule has 0 spiro atoms. The maximum atomic E-state index is 13.3. The number of methoxy groups -OCH3 is 1. The van der Waals surface area contributed by atoms with Crippen LogP contribution in [0.3, 0.4) is 0 Å². The second kappa shape index (κ2) is 9.13. The van der Waals surface area contributed by atoms with Crippen LogP contribution in [0, 0.1) is 0 Å². The van der Waals surface area contributed by atoms with E-state index in [1.807, 2.05) is 54.6 Å². The van der Waals surface area contributed by atoms with Crippen LogP contribution in [0.2, 0.25) is 0 Å². The third-order valence-electron chi connectivity index (χ3n) is 5.53. The van der Waals surface area contributed by atoms with Gasteiger partial charge < -0.3 is 10.1 Å². The average molecular weight is 455 g/mol. The molecular formula is C23H26N4O4S. The number of amides is 1. The molecule has 0 bridgehead atoms. The van der Waals surface area contributed by atoms with Gasteiger partial charge in [-0.25, -0.2) is 17.4 Å². The smallest absolute Gasteiger partial charge is 0.255 e. The van der Waals surface area contributed by atoms with E-state index in [1.54, 1.807) is 18.0 Å². The summed E-state index contributed by atoms with van der Waals surface area (Å²) in [6.45, 7) is 0.753. The van der Waals surface area contributed by atoms with Gasteiger partial charge in [0, 0.05) is 30.9 Å². The summed E-state index contributed by atoms with van der Waals surface area (Å²) in [5.41, 5.74) is 2.59. The van der Waals surface area contributed by atoms with Gasteiger partial charge in [-0.1, -0.05) is 18.2 Å². The molecule has 1 aliphatic rings. The minimum Gasteiger partial charge on any atom is -0.497 e. The molecule has 0 aliphatic carbocycles. The normalized spacial score (nSPS) is 17.1. The Balaban J connectivity index is 1.65. The Kier molecular flexibility index (Phi) is 6.29. The van der Waals surface area contributed by atoms with Gasteiger partial charge in [0.1, 0.15) is 11.4 Å². The van der Waals surface area contributed by atoms with E-state index >= 15 is 0 Å². The molecule has 32 heavy (non-hydrogen) atoms. The maximum absolute atomic E-state index is 13.3. The van der Waals surface area contributed by atoms with Crippen LogP contribution >= 0.6 is 0 Å². The number of aromatic nitrogens is 2. The molecule has 2 heterocycles. The zero-order valence-corrected chi connectivity index (χ0v) is 18.9. The van der Waals surface area contributed by atoms with E-state index < -0.39 is 10.0 Å². The van der Waals surface area contributed by atoms with E-state index in [0.29, 0.717) is 30.0 Å². The summed E-state index contributed by atoms with van der Waals surface area (Å²) >= 11 is 0. The Labute approximate surface area is 187 Å². The molecule has 8 nitrogen and oxygen atoms in total. The second-order valence-corrected chi connectivity index (χ2v) is 9.82. The zero-order valence-electron chi connectivity index (χ0n) is 18.1. The summed E-state index contributed by atoms with van der Waals surface area (Å²) in [4.78, 5) is 13.3. The predicted octanol–water partition coefficient (Wildman–Crippen LogP) is 2.70. The molecule has 9 heteroatoms. The summed E-state index contributed by atoms with van der Waals surface area (Å²) in [5.74, 6) is 0.434. The SMILES string of the molecule is COc1ccc(-c2nn(-c3ccccc3)cc2C(=O)NC2CCCN(S(C)(=O)=O)C2)cc1. The predicted molar refractivity (Wildman–Crippen MR) is 122 cm³/mol. The highest BCUT2D eigenvalue weighted by atomic mass is 32.2. The molecule has 1 atom stereocenters. The molecule has 1 fully saturated rings. The molecule has 1 saturated heterocycles. The lowest BCUT2D eigenvalue weighted by Crippen LogP contribution is -2.49. The van der Waals surface area contributed by atoms with Crippen molar-refractivity contribution in [3.8, 4) is 22.7 Å². The lowest BCUT2D eigenvalue weighted by Gasteiger charge is -2.31. The minimum atomic E-state index is -3.30. The molecule has 1 aliphatic heterocycles. The largest absolute Gasteiger partial charge is 0.497 e. The number of nitrogens with one attached hydrogen (secondary N) is 1. The summed E-state index contributed by atoms with van der Waals surface area (Å²) in [7, 11) is -1.70. The van der Waals surface area contributed by atoms with Gasteiger partial charge in [-0.2, -0.15) is 5.10 Å². The number of para-hydroxylation sites is 1. The molecular weight excluding hydrogens is 428 g/mol. The van der Waals surface area contributed by atoms with E-state index in [-0.39, 0.29) is 18.5 Å². The molecule has 168 valence electrons. The van der Waals surface area contributed by atoms with Crippen molar-refractivity contribution < 1.29 is 17.9 Å². The van der Waals surface area contributed by atoms with Crippen molar-refractivity contribution in [3.05, 3.63) is 66.4 Å². The summed E-state index contributed by atoms with van der Waals surface area (Å²) in [6, 6.07) is 16.7. The van der Waals surface area contributed by atoms with Crippen LogP contribution in [0.15, 0.2) is 60.8 Å². The van der Waals surface area contributed by atoms with Gasteiger partial charge in [0.05, 0.1) is 24.6 Å². The van der Waals surface area contributed by atoms with Crippen LogP contribution in [-0.4, -0.2) is 60.9 Å². The van der Waals surface area contributed by atoms with Gasteiger partial charge >= 0.3 is 0 Å². The van der Waals surface area contributed by atoms with Gasteiger partial charge in [-0.15, -0.1) is 0 Å². The number of hydrogen-bond donors (Lipinski definition) is 1. The minimum absolute atomic E-state index is 0.255. The van der Waals surface area contributed by atoms with Crippen molar-refractivity contribution in [2.75, 3.05) is 26.5 Å². The van der Waals surface area contributed by atoms with Crippen LogP contribution in [0.25, 0.3) is 16.9 Å². The molecule has 1 aromatic heterocycles. The number of rotatable bonds is 6. The molecule has 1 N–H and O–H groups in total. The van der Waals surface area contributed by atoms with Crippen molar-refractivity contribution >= 4 is 15.9 Å². The molecule has 2 aromatic carbocycles. The number of nitrogens with zero attached hydrogens (tertiary/aromatic N) is 3. The van der Waals surface area contributed by atoms with Gasteiger partial charge in [0.25, 0.3) is 5.91 Å². The molecule has 1 unspecified atom stereocenters. The monoisotopic (exact) mass is 454 g/mol. The molecule has 4 rings (SSSR count). The topological polar surface area (TPSA) is 93.5 Å². The van der Waals surface area contributed by atoms with Crippen LogP contribution in [0.4, 0.5) is 0 Å². The van der Waals surface area contributed by atoms with E-state index in [1.165, 1.54) is 10.6 Å². The highest BCUT2D eigenvalue weighted by Gasteiger charge is 2.28. The molecule has 0 saturated carbocycles. The second-order valence-electron chi connectivity index (χ2n) is 7.83. The summed E-state index contributed by atoms with van der Waals surface area (Å²) in [6.07, 6.45) is 4.33. The summed E-state index contributed by atoms with van der Waals surface area (Å²) in [5, 5.41) is 7.69. The zero-order chi connectivity index (χ0) is 22.7. The van der Waals surface area contributed by atoms with Crippen LogP contribution in [0.5, 0.6) is 5.75 Å². The number of sulfonamides is 1. The van der Waals surface area contributed by atoms with Gasteiger partial charge in [0.15, 0.2) is 0 Å². The van der Waals surface area contributed by atoms with Crippen LogP contribution < -0.4 is 10.1 Å². The van der Waals surface area contributed by atoms with Crippen molar-refractivity contribution in [2.45, 2.75) is 18.9 Å². The molecule has 0 radical (unpaired) electrons. The Morgan fingerprint density at radius 1 is 1.12 bits per heavy atom. The quantitative estimate of drug-likeness (QED) is 0.618. The molecule has 3 aromatic rings. The Morgan fingerprint density at radius 2 is 1.84 bits per heavy atom. The van der Waals surface area contributed by atoms with Crippen molar-refractivity contribution in [3.63, 3.8) is 0 Å². The van der Waals surface area contributed by atoms with Crippen LogP contribution in [-0.2, 0) is 10.0 Å². The first kappa shape index (κ1) is 22.0. The number of piperidine rings is 1. The first-order valence-electron chi connectivity index (χ1n) is 10.4. The van der Waals surface area contributed by atoms with E-state index in [4.69, 9.17) is 4.74 Å². The lowest BCUT2D eigenvalue weighted by atomic mass is 10.1. The van der Waals surface area contributed by atoms with Gasteiger partial charge in [0.2, 0.25) is 10.0 Å². The van der Waals surface area contributed by atoms with Crippen molar-refractivity contribution in [2.24, 2.45) is 0 Å². The number of benzene rings is 2. The van der Waals surface area contributed by atoms with E-state index in [9.17, 15) is 13.2 Å². The average Bonchev–Trinajstić information content (AvgIpc) is 3.25. The fourth-order valence-electron chi connectivity index (χ4n) is 3.84. The Morgan fingerprint density at radius 3 is 2.50 bits per heavy atom. The number of carbonyl (C=O) groups excluding carboxylic acids is 1. The fraction of sp³-hybridized carbons (Fsp3) is 0.304. The standard InChI is InChI=1S/C23H26N4O4S/c1-31-20-12-10-17(11-13-20)22-21(16-27(25-22)19-8-4-3-5-9-19)23(28)24-18-7-6-14-26(15-18)32(2,29)30/h3-5,8-13,16,18H,6-7,14-15H2,1-2H3,(H,24,28). The highest BCUT2D eigenvalue weighted by Crippen LogP contribution is 2.26. The van der Waals surface area contributed by atoms with Crippen molar-refractivity contribution in [1.82, 2.24) is 19.4 Å². The first-order chi connectivity index (χ1) is 15.3. The lowest BCUT2D eigenvalue weighted by molar-refractivity contribution is 0.0922. The number of carbonyl (C=O) groups is 1. The third-order valence-corrected chi connectivity index (χ3v) is 6.80. The van der Waals surface area contributed by atoms with E-state index in [0.717, 1.165) is 17.7 Å². The van der Waals surface area contributed by atoms with Crippen LogP contribution in [0.1, 0.15) is 23.2 Å². The Hall–Kier alpha value is -3.17. The first-order valence-corrected chi connectivity index (χ1v) is 12.3. The van der Waals surface area contributed by atoms with Crippen molar-refractivity contribution in [1.29, 1.82) is 0 Å². The van der Waals surface area contributed by atoms with Gasteiger partial charge in [-0.05, 0) is 49.2 Å². The molecule has 1 amide bonds.